The van der Waals surface area contributed by atoms with E-state index in [1.54, 1.807) is 12.1 Å². The van der Waals surface area contributed by atoms with Crippen LogP contribution in [-0.4, -0.2) is 12.6 Å². The summed E-state index contributed by atoms with van der Waals surface area (Å²) in [5, 5.41) is 12.0. The van der Waals surface area contributed by atoms with Crippen LogP contribution < -0.4 is 11.1 Å². The first-order valence-corrected chi connectivity index (χ1v) is 5.62. The summed E-state index contributed by atoms with van der Waals surface area (Å²) in [5.74, 6) is 0. The fraction of sp³-hybridized carbons (Fsp3) is 0.364. The SMILES string of the molecule is CC(N)CCNc1ccc(C#N)cc1Br. The van der Waals surface area contributed by atoms with Gasteiger partial charge in [-0.25, -0.2) is 0 Å². The molecule has 0 heterocycles. The quantitative estimate of drug-likeness (QED) is 0.881. The molecular formula is C11H14BrN3. The van der Waals surface area contributed by atoms with E-state index in [1.807, 2.05) is 13.0 Å². The van der Waals surface area contributed by atoms with Crippen LogP contribution in [0.3, 0.4) is 0 Å². The lowest BCUT2D eigenvalue weighted by Gasteiger charge is -2.10. The van der Waals surface area contributed by atoms with Gasteiger partial charge in [-0.15, -0.1) is 0 Å². The normalized spacial score (nSPS) is 11.9. The van der Waals surface area contributed by atoms with Crippen molar-refractivity contribution in [3.8, 4) is 6.07 Å². The predicted octanol–water partition coefficient (Wildman–Crippen LogP) is 2.47. The molecule has 0 radical (unpaired) electrons. The number of hydrogen-bond acceptors (Lipinski definition) is 3. The molecule has 0 saturated carbocycles. The van der Waals surface area contributed by atoms with Gasteiger partial charge >= 0.3 is 0 Å². The minimum atomic E-state index is 0.203. The van der Waals surface area contributed by atoms with Gasteiger partial charge < -0.3 is 11.1 Å². The molecule has 1 aromatic rings. The Kier molecular flexibility index (Phi) is 4.60. The fourth-order valence-electron chi connectivity index (χ4n) is 1.16. The monoisotopic (exact) mass is 267 g/mol. The molecule has 4 heteroatoms. The van der Waals surface area contributed by atoms with E-state index in [-0.39, 0.29) is 6.04 Å². The van der Waals surface area contributed by atoms with E-state index in [2.05, 4.69) is 27.3 Å². The van der Waals surface area contributed by atoms with Crippen LogP contribution in [0, 0.1) is 11.3 Å². The highest BCUT2D eigenvalue weighted by molar-refractivity contribution is 9.10. The lowest BCUT2D eigenvalue weighted by molar-refractivity contribution is 0.690. The highest BCUT2D eigenvalue weighted by atomic mass is 79.9. The Labute approximate surface area is 98.4 Å². The van der Waals surface area contributed by atoms with E-state index in [0.29, 0.717) is 5.56 Å². The Morgan fingerprint density at radius 3 is 2.87 bits per heavy atom. The smallest absolute Gasteiger partial charge is 0.0992 e. The van der Waals surface area contributed by atoms with Crippen molar-refractivity contribution in [1.29, 1.82) is 5.26 Å². The molecule has 0 spiro atoms. The molecular weight excluding hydrogens is 254 g/mol. The third-order valence-electron chi connectivity index (χ3n) is 2.01. The molecule has 0 fully saturated rings. The zero-order chi connectivity index (χ0) is 11.3. The Morgan fingerprint density at radius 2 is 2.33 bits per heavy atom. The molecule has 0 aliphatic heterocycles. The van der Waals surface area contributed by atoms with Crippen molar-refractivity contribution < 1.29 is 0 Å². The molecule has 1 unspecified atom stereocenters. The second-order valence-electron chi connectivity index (χ2n) is 3.50. The minimum absolute atomic E-state index is 0.203. The molecule has 0 amide bonds. The summed E-state index contributed by atoms with van der Waals surface area (Å²) >= 11 is 3.41. The van der Waals surface area contributed by atoms with Gasteiger partial charge in [-0.1, -0.05) is 0 Å². The lowest BCUT2D eigenvalue weighted by Crippen LogP contribution is -2.19. The molecule has 0 aliphatic rings. The summed E-state index contributed by atoms with van der Waals surface area (Å²) in [7, 11) is 0. The summed E-state index contributed by atoms with van der Waals surface area (Å²) in [6.45, 7) is 2.82. The van der Waals surface area contributed by atoms with E-state index >= 15 is 0 Å². The number of nitrogens with one attached hydrogen (secondary N) is 1. The van der Waals surface area contributed by atoms with Gasteiger partial charge in [0.15, 0.2) is 0 Å². The first kappa shape index (κ1) is 12.0. The van der Waals surface area contributed by atoms with E-state index in [0.717, 1.165) is 23.1 Å². The second-order valence-corrected chi connectivity index (χ2v) is 4.35. The molecule has 3 nitrogen and oxygen atoms in total. The molecule has 0 aliphatic carbocycles. The maximum absolute atomic E-state index is 8.69. The topological polar surface area (TPSA) is 61.8 Å². The van der Waals surface area contributed by atoms with E-state index in [9.17, 15) is 0 Å². The van der Waals surface area contributed by atoms with Crippen LogP contribution in [0.15, 0.2) is 22.7 Å². The summed E-state index contributed by atoms with van der Waals surface area (Å²) in [6, 6.07) is 7.78. The lowest BCUT2D eigenvalue weighted by atomic mass is 10.2. The number of halogens is 1. The molecule has 3 N–H and O–H groups in total. The highest BCUT2D eigenvalue weighted by Gasteiger charge is 2.01. The number of hydrogen-bond donors (Lipinski definition) is 2. The Bertz CT molecular complexity index is 369. The average molecular weight is 268 g/mol. The standard InChI is InChI=1S/C11H14BrN3/c1-8(14)4-5-15-11-3-2-9(7-13)6-10(11)12/h2-3,6,8,15H,4-5,14H2,1H3. The number of nitrogens with two attached hydrogens (primary N) is 1. The van der Waals surface area contributed by atoms with Crippen molar-refractivity contribution >= 4 is 21.6 Å². The van der Waals surface area contributed by atoms with Gasteiger partial charge in [-0.2, -0.15) is 5.26 Å². The molecule has 80 valence electrons. The van der Waals surface area contributed by atoms with Crippen LogP contribution in [-0.2, 0) is 0 Å². The Morgan fingerprint density at radius 1 is 1.60 bits per heavy atom. The molecule has 1 aromatic carbocycles. The van der Waals surface area contributed by atoms with Gasteiger partial charge in [0.1, 0.15) is 0 Å². The second kappa shape index (κ2) is 5.74. The number of nitrogens with zero attached hydrogens (tertiary/aromatic N) is 1. The van der Waals surface area contributed by atoms with Gasteiger partial charge in [0.05, 0.1) is 11.6 Å². The van der Waals surface area contributed by atoms with E-state index in [1.165, 1.54) is 0 Å². The molecule has 1 rings (SSSR count). The van der Waals surface area contributed by atoms with Crippen LogP contribution in [0.2, 0.25) is 0 Å². The van der Waals surface area contributed by atoms with Crippen molar-refractivity contribution in [2.45, 2.75) is 19.4 Å². The summed E-state index contributed by atoms with van der Waals surface area (Å²) in [6.07, 6.45) is 0.923. The molecule has 15 heavy (non-hydrogen) atoms. The van der Waals surface area contributed by atoms with Gasteiger partial charge in [0, 0.05) is 22.7 Å². The van der Waals surface area contributed by atoms with Crippen molar-refractivity contribution in [3.63, 3.8) is 0 Å². The summed E-state index contributed by atoms with van der Waals surface area (Å²) in [5.41, 5.74) is 7.29. The molecule has 0 bridgehead atoms. The zero-order valence-electron chi connectivity index (χ0n) is 8.63. The van der Waals surface area contributed by atoms with Crippen LogP contribution >= 0.6 is 15.9 Å². The number of benzene rings is 1. The van der Waals surface area contributed by atoms with E-state index in [4.69, 9.17) is 11.0 Å². The largest absolute Gasteiger partial charge is 0.384 e. The van der Waals surface area contributed by atoms with Crippen molar-refractivity contribution in [2.75, 3.05) is 11.9 Å². The molecule has 1 atom stereocenters. The van der Waals surface area contributed by atoms with Crippen LogP contribution in [0.25, 0.3) is 0 Å². The Hall–Kier alpha value is -1.05. The van der Waals surface area contributed by atoms with Crippen LogP contribution in [0.5, 0.6) is 0 Å². The summed E-state index contributed by atoms with van der Waals surface area (Å²) in [4.78, 5) is 0. The predicted molar refractivity (Wildman–Crippen MR) is 65.6 cm³/mol. The van der Waals surface area contributed by atoms with Gasteiger partial charge in [-0.3, -0.25) is 0 Å². The van der Waals surface area contributed by atoms with Crippen LogP contribution in [0.1, 0.15) is 18.9 Å². The average Bonchev–Trinajstić information content (AvgIpc) is 2.20. The highest BCUT2D eigenvalue weighted by Crippen LogP contribution is 2.23. The molecule has 0 aromatic heterocycles. The number of nitriles is 1. The number of rotatable bonds is 4. The van der Waals surface area contributed by atoms with Gasteiger partial charge in [0.25, 0.3) is 0 Å². The van der Waals surface area contributed by atoms with Gasteiger partial charge in [0.2, 0.25) is 0 Å². The van der Waals surface area contributed by atoms with Crippen molar-refractivity contribution in [2.24, 2.45) is 5.73 Å². The molecule has 0 saturated heterocycles. The van der Waals surface area contributed by atoms with Crippen LogP contribution in [0.4, 0.5) is 5.69 Å². The summed E-state index contributed by atoms with van der Waals surface area (Å²) < 4.78 is 0.909. The third-order valence-corrected chi connectivity index (χ3v) is 2.67. The zero-order valence-corrected chi connectivity index (χ0v) is 10.2. The van der Waals surface area contributed by atoms with Crippen molar-refractivity contribution in [3.05, 3.63) is 28.2 Å². The third kappa shape index (κ3) is 3.90. The Balaban J connectivity index is 2.59. The minimum Gasteiger partial charge on any atom is -0.384 e. The first-order valence-electron chi connectivity index (χ1n) is 4.82. The van der Waals surface area contributed by atoms with Crippen molar-refractivity contribution in [1.82, 2.24) is 0 Å². The maximum atomic E-state index is 8.69. The first-order chi connectivity index (χ1) is 7.13. The fourth-order valence-corrected chi connectivity index (χ4v) is 1.68. The number of anilines is 1. The maximum Gasteiger partial charge on any atom is 0.0992 e. The van der Waals surface area contributed by atoms with Gasteiger partial charge in [-0.05, 0) is 47.5 Å². The van der Waals surface area contributed by atoms with E-state index < -0.39 is 0 Å².